The smallest absolute Gasteiger partial charge is 0.213 e. The molecule has 1 fully saturated rings. The summed E-state index contributed by atoms with van der Waals surface area (Å²) in [6, 6.07) is 3.97. The van der Waals surface area contributed by atoms with Crippen molar-refractivity contribution in [3.63, 3.8) is 0 Å². The van der Waals surface area contributed by atoms with Gasteiger partial charge in [0.15, 0.2) is 5.96 Å². The second-order valence-corrected chi connectivity index (χ2v) is 7.70. The Morgan fingerprint density at radius 1 is 1.44 bits per heavy atom. The van der Waals surface area contributed by atoms with Gasteiger partial charge in [-0.15, -0.1) is 35.3 Å². The molecule has 1 saturated carbocycles. The Morgan fingerprint density at radius 3 is 2.93 bits per heavy atom. The van der Waals surface area contributed by atoms with Gasteiger partial charge in [-0.25, -0.2) is 15.0 Å². The van der Waals surface area contributed by atoms with Crippen molar-refractivity contribution in [2.75, 3.05) is 20.2 Å². The molecular weight excluding hydrogens is 473 g/mol. The minimum Gasteiger partial charge on any atom is -0.477 e. The SMILES string of the molecule is CCNC(=NCc1ccnc(OCC2CC2)c1)N(C)Cc1csc(C)n1.I. The first-order valence-corrected chi connectivity index (χ1v) is 10.00. The molecule has 27 heavy (non-hydrogen) atoms. The van der Waals surface area contributed by atoms with Crippen LogP contribution in [0, 0.1) is 12.8 Å². The summed E-state index contributed by atoms with van der Waals surface area (Å²) >= 11 is 1.68. The van der Waals surface area contributed by atoms with E-state index in [-0.39, 0.29) is 24.0 Å². The van der Waals surface area contributed by atoms with Crippen LogP contribution in [-0.4, -0.2) is 41.0 Å². The predicted octanol–water partition coefficient (Wildman–Crippen LogP) is 3.85. The van der Waals surface area contributed by atoms with Gasteiger partial charge in [0.2, 0.25) is 5.88 Å². The minimum atomic E-state index is 0. The molecule has 2 heterocycles. The van der Waals surface area contributed by atoms with Crippen LogP contribution in [0.5, 0.6) is 5.88 Å². The highest BCUT2D eigenvalue weighted by atomic mass is 127. The van der Waals surface area contributed by atoms with Crippen LogP contribution in [0.2, 0.25) is 0 Å². The molecule has 0 radical (unpaired) electrons. The highest BCUT2D eigenvalue weighted by Gasteiger charge is 2.22. The zero-order valence-electron chi connectivity index (χ0n) is 16.1. The molecule has 0 amide bonds. The Labute approximate surface area is 182 Å². The summed E-state index contributed by atoms with van der Waals surface area (Å²) in [7, 11) is 2.03. The summed E-state index contributed by atoms with van der Waals surface area (Å²) in [5, 5.41) is 6.54. The summed E-state index contributed by atoms with van der Waals surface area (Å²) in [4.78, 5) is 15.7. The minimum absolute atomic E-state index is 0. The number of nitrogens with one attached hydrogen (secondary N) is 1. The van der Waals surface area contributed by atoms with Crippen molar-refractivity contribution in [1.82, 2.24) is 20.2 Å². The van der Waals surface area contributed by atoms with Crippen molar-refractivity contribution < 1.29 is 4.74 Å². The number of pyridine rings is 1. The van der Waals surface area contributed by atoms with E-state index in [1.54, 1.807) is 17.5 Å². The largest absolute Gasteiger partial charge is 0.477 e. The molecule has 2 aromatic rings. The van der Waals surface area contributed by atoms with Crippen LogP contribution in [0.15, 0.2) is 28.7 Å². The third-order valence-corrected chi connectivity index (χ3v) is 4.96. The third-order valence-electron chi connectivity index (χ3n) is 4.14. The van der Waals surface area contributed by atoms with E-state index in [1.165, 1.54) is 12.8 Å². The fourth-order valence-electron chi connectivity index (χ4n) is 2.55. The van der Waals surface area contributed by atoms with E-state index in [9.17, 15) is 0 Å². The van der Waals surface area contributed by atoms with Gasteiger partial charge in [-0.05, 0) is 44.2 Å². The van der Waals surface area contributed by atoms with Crippen LogP contribution in [0.25, 0.3) is 0 Å². The molecule has 0 unspecified atom stereocenters. The molecule has 1 aliphatic carbocycles. The van der Waals surface area contributed by atoms with Gasteiger partial charge in [-0.2, -0.15) is 0 Å². The van der Waals surface area contributed by atoms with Gasteiger partial charge >= 0.3 is 0 Å². The average molecular weight is 501 g/mol. The molecule has 6 nitrogen and oxygen atoms in total. The van der Waals surface area contributed by atoms with Crippen molar-refractivity contribution in [2.45, 2.75) is 39.8 Å². The lowest BCUT2D eigenvalue weighted by Crippen LogP contribution is -2.38. The summed E-state index contributed by atoms with van der Waals surface area (Å²) in [6.45, 7) is 7.03. The van der Waals surface area contributed by atoms with E-state index in [0.29, 0.717) is 12.4 Å². The second kappa shape index (κ2) is 10.8. The molecule has 1 N–H and O–H groups in total. The van der Waals surface area contributed by atoms with Crippen LogP contribution < -0.4 is 10.1 Å². The Balaban J connectivity index is 0.00000261. The van der Waals surface area contributed by atoms with E-state index < -0.39 is 0 Å². The molecule has 8 heteroatoms. The first-order valence-electron chi connectivity index (χ1n) is 9.12. The molecule has 1 aliphatic rings. The topological polar surface area (TPSA) is 62.6 Å². The molecule has 0 aromatic carbocycles. The predicted molar refractivity (Wildman–Crippen MR) is 121 cm³/mol. The number of thiazole rings is 1. The molecule has 148 valence electrons. The lowest BCUT2D eigenvalue weighted by atomic mass is 10.3. The number of rotatable bonds is 8. The van der Waals surface area contributed by atoms with Crippen LogP contribution in [0.1, 0.15) is 36.0 Å². The summed E-state index contributed by atoms with van der Waals surface area (Å²) in [5.41, 5.74) is 2.17. The number of halogens is 1. The van der Waals surface area contributed by atoms with Crippen LogP contribution in [0.4, 0.5) is 0 Å². The molecule has 0 spiro atoms. The van der Waals surface area contributed by atoms with Crippen LogP contribution >= 0.6 is 35.3 Å². The standard InChI is InChI=1S/C19H27N5OS.HI/c1-4-20-19(24(3)11-17-13-26-14(2)23-17)22-10-16-7-8-21-18(9-16)25-12-15-5-6-15;/h7-9,13,15H,4-6,10-12H2,1-3H3,(H,20,22);1H. The van der Waals surface area contributed by atoms with Gasteiger partial charge in [-0.3, -0.25) is 0 Å². The van der Waals surface area contributed by atoms with Crippen molar-refractivity contribution >= 4 is 41.3 Å². The monoisotopic (exact) mass is 501 g/mol. The number of aromatic nitrogens is 2. The molecule has 3 rings (SSSR count). The highest BCUT2D eigenvalue weighted by molar-refractivity contribution is 14.0. The summed E-state index contributed by atoms with van der Waals surface area (Å²) < 4.78 is 5.76. The summed E-state index contributed by atoms with van der Waals surface area (Å²) in [5.74, 6) is 2.29. The van der Waals surface area contributed by atoms with E-state index in [4.69, 9.17) is 9.73 Å². The first kappa shape index (κ1) is 21.9. The van der Waals surface area contributed by atoms with E-state index in [1.807, 2.05) is 26.1 Å². The quantitative estimate of drug-likeness (QED) is 0.338. The fraction of sp³-hybridized carbons (Fsp3) is 0.526. The van der Waals surface area contributed by atoms with Crippen molar-refractivity contribution in [1.29, 1.82) is 0 Å². The van der Waals surface area contributed by atoms with Gasteiger partial charge in [0.1, 0.15) is 0 Å². The van der Waals surface area contributed by atoms with Crippen LogP contribution in [-0.2, 0) is 13.1 Å². The van der Waals surface area contributed by atoms with Gasteiger partial charge < -0.3 is 15.0 Å². The van der Waals surface area contributed by atoms with Gasteiger partial charge in [0, 0.05) is 31.2 Å². The molecule has 0 saturated heterocycles. The van der Waals surface area contributed by atoms with Gasteiger partial charge in [0.05, 0.1) is 30.4 Å². The maximum Gasteiger partial charge on any atom is 0.213 e. The number of ether oxygens (including phenoxy) is 1. The molecule has 0 aliphatic heterocycles. The van der Waals surface area contributed by atoms with Crippen molar-refractivity contribution in [3.8, 4) is 5.88 Å². The second-order valence-electron chi connectivity index (χ2n) is 6.64. The first-order chi connectivity index (χ1) is 12.6. The number of aliphatic imine (C=N–C) groups is 1. The van der Waals surface area contributed by atoms with Crippen molar-refractivity contribution in [3.05, 3.63) is 40.0 Å². The Morgan fingerprint density at radius 2 is 2.26 bits per heavy atom. The number of guanidine groups is 1. The highest BCUT2D eigenvalue weighted by Crippen LogP contribution is 2.29. The molecule has 0 atom stereocenters. The number of hydrogen-bond acceptors (Lipinski definition) is 5. The lowest BCUT2D eigenvalue weighted by molar-refractivity contribution is 0.288. The third kappa shape index (κ3) is 7.25. The number of hydrogen-bond donors (Lipinski definition) is 1. The maximum atomic E-state index is 5.76. The molecule has 2 aromatic heterocycles. The Bertz CT molecular complexity index is 747. The van der Waals surface area contributed by atoms with Gasteiger partial charge in [0.25, 0.3) is 0 Å². The van der Waals surface area contributed by atoms with Gasteiger partial charge in [-0.1, -0.05) is 0 Å². The fourth-order valence-corrected chi connectivity index (χ4v) is 3.15. The van der Waals surface area contributed by atoms with Crippen LogP contribution in [0.3, 0.4) is 0 Å². The van der Waals surface area contributed by atoms with E-state index >= 15 is 0 Å². The number of nitrogens with zero attached hydrogens (tertiary/aromatic N) is 4. The lowest BCUT2D eigenvalue weighted by Gasteiger charge is -2.21. The zero-order valence-corrected chi connectivity index (χ0v) is 19.3. The Hall–Kier alpha value is -1.42. The molecule has 0 bridgehead atoms. The van der Waals surface area contributed by atoms with E-state index in [2.05, 4.69) is 32.5 Å². The maximum absolute atomic E-state index is 5.76. The summed E-state index contributed by atoms with van der Waals surface area (Å²) in [6.07, 6.45) is 4.35. The molecular formula is C19H28IN5OS. The number of aryl methyl sites for hydroxylation is 1. The van der Waals surface area contributed by atoms with E-state index in [0.717, 1.165) is 47.8 Å². The average Bonchev–Trinajstić information content (AvgIpc) is 3.38. The normalized spacial score (nSPS) is 13.8. The van der Waals surface area contributed by atoms with Crippen molar-refractivity contribution in [2.24, 2.45) is 10.9 Å². The Kier molecular flexibility index (Phi) is 8.75. The zero-order chi connectivity index (χ0) is 18.4.